The quantitative estimate of drug-likeness (QED) is 0.622. The molecule has 0 aliphatic rings. The molecular formula is C19H22N2O3. The Morgan fingerprint density at radius 1 is 1.17 bits per heavy atom. The van der Waals surface area contributed by atoms with E-state index in [0.29, 0.717) is 0 Å². The van der Waals surface area contributed by atoms with Crippen molar-refractivity contribution in [1.29, 1.82) is 0 Å². The molecule has 0 spiro atoms. The molecule has 5 heteroatoms. The molecule has 24 heavy (non-hydrogen) atoms. The maximum Gasteiger partial charge on any atom is 0.265 e. The Morgan fingerprint density at radius 3 is 2.62 bits per heavy atom. The highest BCUT2D eigenvalue weighted by Crippen LogP contribution is 2.17. The molecule has 0 fully saturated rings. The average molecular weight is 326 g/mol. The Morgan fingerprint density at radius 2 is 1.88 bits per heavy atom. The Bertz CT molecular complexity index is 711. The molecule has 0 saturated heterocycles. The highest BCUT2D eigenvalue weighted by atomic mass is 16.6. The van der Waals surface area contributed by atoms with Crippen LogP contribution in [0.3, 0.4) is 0 Å². The van der Waals surface area contributed by atoms with Gasteiger partial charge in [-0.2, -0.15) is 0 Å². The second-order valence-corrected chi connectivity index (χ2v) is 5.58. The molecule has 0 aliphatic carbocycles. The van der Waals surface area contributed by atoms with Gasteiger partial charge in [0.05, 0.1) is 12.3 Å². The van der Waals surface area contributed by atoms with Crippen LogP contribution in [0.25, 0.3) is 0 Å². The van der Waals surface area contributed by atoms with Crippen LogP contribution in [0.5, 0.6) is 5.75 Å². The van der Waals surface area contributed by atoms with E-state index in [-0.39, 0.29) is 18.6 Å². The van der Waals surface area contributed by atoms with Gasteiger partial charge in [-0.1, -0.05) is 35.5 Å². The molecule has 0 saturated carbocycles. The predicted molar refractivity (Wildman–Crippen MR) is 95.6 cm³/mol. The number of aryl methyl sites for hydroxylation is 1. The number of oxime groups is 1. The van der Waals surface area contributed by atoms with Gasteiger partial charge < -0.3 is 14.9 Å². The van der Waals surface area contributed by atoms with Crippen molar-refractivity contribution in [3.63, 3.8) is 0 Å². The van der Waals surface area contributed by atoms with Gasteiger partial charge in [0, 0.05) is 11.3 Å². The molecule has 0 unspecified atom stereocenters. The van der Waals surface area contributed by atoms with Gasteiger partial charge in [-0.25, -0.2) is 0 Å². The van der Waals surface area contributed by atoms with Crippen molar-refractivity contribution in [3.8, 4) is 5.75 Å². The number of nitrogens with one attached hydrogen (secondary N) is 1. The lowest BCUT2D eigenvalue weighted by Gasteiger charge is -2.11. The molecule has 0 heterocycles. The summed E-state index contributed by atoms with van der Waals surface area (Å²) in [4.78, 5) is 16.9. The van der Waals surface area contributed by atoms with Gasteiger partial charge >= 0.3 is 0 Å². The van der Waals surface area contributed by atoms with Crippen molar-refractivity contribution >= 4 is 17.8 Å². The molecule has 0 radical (unpaired) electrons. The van der Waals surface area contributed by atoms with Crippen molar-refractivity contribution in [2.45, 2.75) is 26.9 Å². The highest BCUT2D eigenvalue weighted by Gasteiger charge is 2.05. The number of amides is 1. The summed E-state index contributed by atoms with van der Waals surface area (Å²) in [6, 6.07) is 15.1. The smallest absolute Gasteiger partial charge is 0.265 e. The Kier molecular flexibility index (Phi) is 6.37. The number of nitrogens with zero attached hydrogens (tertiary/aromatic N) is 1. The van der Waals surface area contributed by atoms with Crippen LogP contribution >= 0.6 is 0 Å². The maximum absolute atomic E-state index is 11.9. The molecule has 0 bridgehead atoms. The zero-order valence-corrected chi connectivity index (χ0v) is 14.2. The van der Waals surface area contributed by atoms with Gasteiger partial charge in [-0.05, 0) is 44.5 Å². The number of rotatable bonds is 7. The standard InChI is InChI=1S/C19H22N2O3/c1-14(2)24-18-11-7-5-9-16(18)12-20-23-13-19(22)21-17-10-6-4-8-15(17)3/h4-12,14H,13H2,1-3H3,(H,21,22)/b20-12+. The third-order valence-electron chi connectivity index (χ3n) is 3.16. The minimum absolute atomic E-state index is 0.0698. The number of anilines is 1. The molecular weight excluding hydrogens is 304 g/mol. The van der Waals surface area contributed by atoms with E-state index in [2.05, 4.69) is 10.5 Å². The highest BCUT2D eigenvalue weighted by molar-refractivity contribution is 5.92. The van der Waals surface area contributed by atoms with Crippen molar-refractivity contribution in [1.82, 2.24) is 0 Å². The van der Waals surface area contributed by atoms with Crippen LogP contribution in [-0.4, -0.2) is 24.8 Å². The van der Waals surface area contributed by atoms with E-state index < -0.39 is 0 Å². The van der Waals surface area contributed by atoms with Crippen LogP contribution < -0.4 is 10.1 Å². The fourth-order valence-corrected chi connectivity index (χ4v) is 2.04. The summed E-state index contributed by atoms with van der Waals surface area (Å²) in [5.41, 5.74) is 2.56. The SMILES string of the molecule is Cc1ccccc1NC(=O)CO/N=C/c1ccccc1OC(C)C. The fraction of sp³-hybridized carbons (Fsp3) is 0.263. The van der Waals surface area contributed by atoms with Crippen LogP contribution in [0.1, 0.15) is 25.0 Å². The van der Waals surface area contributed by atoms with Crippen LogP contribution in [0.15, 0.2) is 53.7 Å². The van der Waals surface area contributed by atoms with Crippen molar-refractivity contribution in [3.05, 3.63) is 59.7 Å². The first-order chi connectivity index (χ1) is 11.6. The number of para-hydroxylation sites is 2. The molecule has 5 nitrogen and oxygen atoms in total. The first-order valence-electron chi connectivity index (χ1n) is 7.83. The van der Waals surface area contributed by atoms with Gasteiger partial charge in [0.2, 0.25) is 0 Å². The zero-order chi connectivity index (χ0) is 17.4. The second kappa shape index (κ2) is 8.72. The molecule has 2 aromatic rings. The van der Waals surface area contributed by atoms with E-state index in [1.165, 1.54) is 0 Å². The molecule has 0 aromatic heterocycles. The lowest BCUT2D eigenvalue weighted by molar-refractivity contribution is -0.120. The zero-order valence-electron chi connectivity index (χ0n) is 14.2. The largest absolute Gasteiger partial charge is 0.490 e. The van der Waals surface area contributed by atoms with E-state index in [1.807, 2.05) is 69.3 Å². The van der Waals surface area contributed by atoms with Gasteiger partial charge in [0.1, 0.15) is 5.75 Å². The predicted octanol–water partition coefficient (Wildman–Crippen LogP) is 3.77. The molecule has 2 rings (SSSR count). The van der Waals surface area contributed by atoms with Crippen molar-refractivity contribution < 1.29 is 14.4 Å². The van der Waals surface area contributed by atoms with Crippen LogP contribution in [0, 0.1) is 6.92 Å². The minimum atomic E-state index is -0.256. The summed E-state index contributed by atoms with van der Waals surface area (Å²) >= 11 is 0. The van der Waals surface area contributed by atoms with Gasteiger partial charge in [0.25, 0.3) is 5.91 Å². The summed E-state index contributed by atoms with van der Waals surface area (Å²) < 4.78 is 5.69. The second-order valence-electron chi connectivity index (χ2n) is 5.58. The number of carbonyl (C=O) groups is 1. The average Bonchev–Trinajstić information content (AvgIpc) is 2.55. The third-order valence-corrected chi connectivity index (χ3v) is 3.16. The molecule has 2 aromatic carbocycles. The van der Waals surface area contributed by atoms with E-state index in [4.69, 9.17) is 9.57 Å². The number of hydrogen-bond donors (Lipinski definition) is 1. The van der Waals surface area contributed by atoms with Gasteiger partial charge in [-0.3, -0.25) is 4.79 Å². The van der Waals surface area contributed by atoms with E-state index >= 15 is 0 Å². The number of benzene rings is 2. The van der Waals surface area contributed by atoms with E-state index in [0.717, 1.165) is 22.6 Å². The number of ether oxygens (including phenoxy) is 1. The maximum atomic E-state index is 11.9. The molecule has 1 amide bonds. The van der Waals surface area contributed by atoms with Crippen LogP contribution in [-0.2, 0) is 9.63 Å². The topological polar surface area (TPSA) is 59.9 Å². The minimum Gasteiger partial charge on any atom is -0.490 e. The van der Waals surface area contributed by atoms with Gasteiger partial charge in [-0.15, -0.1) is 0 Å². The van der Waals surface area contributed by atoms with E-state index in [9.17, 15) is 4.79 Å². The van der Waals surface area contributed by atoms with Crippen molar-refractivity contribution in [2.75, 3.05) is 11.9 Å². The summed E-state index contributed by atoms with van der Waals surface area (Å²) in [5, 5.41) is 6.63. The van der Waals surface area contributed by atoms with Crippen LogP contribution in [0.4, 0.5) is 5.69 Å². The van der Waals surface area contributed by atoms with Gasteiger partial charge in [0.15, 0.2) is 6.61 Å². The summed E-state index contributed by atoms with van der Waals surface area (Å²) in [6.45, 7) is 5.69. The van der Waals surface area contributed by atoms with E-state index in [1.54, 1.807) is 6.21 Å². The summed E-state index contributed by atoms with van der Waals surface area (Å²) in [5.74, 6) is 0.470. The Labute approximate surface area is 142 Å². The lowest BCUT2D eigenvalue weighted by Crippen LogP contribution is -2.17. The summed E-state index contributed by atoms with van der Waals surface area (Å²) in [7, 11) is 0. The number of carbonyl (C=O) groups excluding carboxylic acids is 1. The normalized spacial score (nSPS) is 10.8. The Hall–Kier alpha value is -2.82. The Balaban J connectivity index is 1.87. The van der Waals surface area contributed by atoms with Crippen molar-refractivity contribution in [2.24, 2.45) is 5.16 Å². The monoisotopic (exact) mass is 326 g/mol. The molecule has 1 N–H and O–H groups in total. The first-order valence-corrected chi connectivity index (χ1v) is 7.83. The van der Waals surface area contributed by atoms with Crippen LogP contribution in [0.2, 0.25) is 0 Å². The fourth-order valence-electron chi connectivity index (χ4n) is 2.04. The molecule has 0 atom stereocenters. The molecule has 0 aliphatic heterocycles. The number of hydrogen-bond acceptors (Lipinski definition) is 4. The summed E-state index contributed by atoms with van der Waals surface area (Å²) in [6.07, 6.45) is 1.61. The third kappa shape index (κ3) is 5.43. The lowest BCUT2D eigenvalue weighted by atomic mass is 10.2. The first kappa shape index (κ1) is 17.5. The molecule has 126 valence electrons.